The minimum Gasteiger partial charge on any atom is -0.457 e. The van der Waals surface area contributed by atoms with Gasteiger partial charge in [0.05, 0.1) is 13.2 Å². The van der Waals surface area contributed by atoms with Crippen molar-refractivity contribution in [1.82, 2.24) is 0 Å². The van der Waals surface area contributed by atoms with Gasteiger partial charge in [-0.25, -0.2) is 0 Å². The first-order valence-corrected chi connectivity index (χ1v) is 15.0. The molecule has 0 aliphatic carbocycles. The highest BCUT2D eigenvalue weighted by Crippen LogP contribution is 2.30. The quantitative estimate of drug-likeness (QED) is 0.0833. The van der Waals surface area contributed by atoms with E-state index in [2.05, 4.69) is 6.92 Å². The second kappa shape index (κ2) is 19.3. The van der Waals surface area contributed by atoms with E-state index in [0.29, 0.717) is 6.42 Å². The van der Waals surface area contributed by atoms with Crippen molar-refractivity contribution in [2.75, 3.05) is 13.2 Å². The molecule has 7 N–H and O–H groups in total. The first-order valence-electron chi connectivity index (χ1n) is 15.0. The van der Waals surface area contributed by atoms with Crippen LogP contribution in [-0.4, -0.2) is 116 Å². The zero-order valence-corrected chi connectivity index (χ0v) is 23.8. The highest BCUT2D eigenvalue weighted by atomic mass is 16.7. The molecule has 2 fully saturated rings. The van der Waals surface area contributed by atoms with Crippen LogP contribution < -0.4 is 0 Å². The monoisotopic (exact) mass is 580 g/mol. The zero-order valence-electron chi connectivity index (χ0n) is 23.8. The van der Waals surface area contributed by atoms with Crippen LogP contribution in [0.4, 0.5) is 0 Å². The number of aliphatic hydroxyl groups excluding tert-OH is 7. The highest BCUT2D eigenvalue weighted by Gasteiger charge is 2.51. The third-order valence-corrected chi connectivity index (χ3v) is 7.70. The van der Waals surface area contributed by atoms with E-state index in [-0.39, 0.29) is 6.42 Å². The second-order valence-electron chi connectivity index (χ2n) is 11.0. The summed E-state index contributed by atoms with van der Waals surface area (Å²) in [5.41, 5.74) is 0. The van der Waals surface area contributed by atoms with Crippen molar-refractivity contribution >= 4 is 5.97 Å². The molecule has 0 aromatic heterocycles. The predicted octanol–water partition coefficient (Wildman–Crippen LogP) is 0.635. The number of hydrogen-bond acceptors (Lipinski definition) is 12. The van der Waals surface area contributed by atoms with Gasteiger partial charge in [-0.3, -0.25) is 4.79 Å². The summed E-state index contributed by atoms with van der Waals surface area (Å²) in [7, 11) is 0. The van der Waals surface area contributed by atoms with E-state index in [9.17, 15) is 40.5 Å². The summed E-state index contributed by atoms with van der Waals surface area (Å²) < 4.78 is 21.4. The van der Waals surface area contributed by atoms with E-state index in [1.54, 1.807) is 0 Å². The van der Waals surface area contributed by atoms with Gasteiger partial charge in [-0.15, -0.1) is 0 Å². The molecule has 0 aromatic rings. The fourth-order valence-corrected chi connectivity index (χ4v) is 5.20. The molecule has 10 atom stereocenters. The summed E-state index contributed by atoms with van der Waals surface area (Å²) in [5.74, 6) is -0.589. The lowest BCUT2D eigenvalue weighted by Crippen LogP contribution is -2.65. The van der Waals surface area contributed by atoms with Crippen molar-refractivity contribution in [1.29, 1.82) is 0 Å². The van der Waals surface area contributed by atoms with Crippen LogP contribution in [0.5, 0.6) is 0 Å². The average molecular weight is 581 g/mol. The van der Waals surface area contributed by atoms with Gasteiger partial charge in [0, 0.05) is 6.42 Å². The molecule has 12 nitrogen and oxygen atoms in total. The predicted molar refractivity (Wildman–Crippen MR) is 143 cm³/mol. The number of unbranched alkanes of at least 4 members (excludes halogenated alkanes) is 12. The Bertz CT molecular complexity index is 678. The molecule has 2 rings (SSSR count). The standard InChI is InChI=1S/C28H52O12/c1-2-3-4-5-6-7-8-9-10-11-12-13-14-15-20(31)39-25-19(17-30)38-28(24(35)22(25)33)40-26-18(16-29)37-27(36)23(34)21(26)32/h18-19,21-30,32-36H,2-17H2,1H3/t18-,19-,21-,22-,23-,24-,25-,26-,27-,28+/m1/s1. The Labute approximate surface area is 237 Å². The minimum absolute atomic E-state index is 0.124. The van der Waals surface area contributed by atoms with Crippen molar-refractivity contribution in [3.63, 3.8) is 0 Å². The van der Waals surface area contributed by atoms with Crippen LogP contribution in [0.2, 0.25) is 0 Å². The molecule has 2 aliphatic rings. The van der Waals surface area contributed by atoms with Gasteiger partial charge in [0.2, 0.25) is 0 Å². The van der Waals surface area contributed by atoms with Gasteiger partial charge < -0.3 is 54.7 Å². The average Bonchev–Trinajstić information content (AvgIpc) is 2.95. The third-order valence-electron chi connectivity index (χ3n) is 7.70. The van der Waals surface area contributed by atoms with Gasteiger partial charge in [-0.1, -0.05) is 84.0 Å². The van der Waals surface area contributed by atoms with Gasteiger partial charge in [0.15, 0.2) is 18.7 Å². The number of hydrogen-bond donors (Lipinski definition) is 7. The maximum Gasteiger partial charge on any atom is 0.306 e. The number of aliphatic hydroxyl groups is 7. The number of carbonyl (C=O) groups excluding carboxylic acids is 1. The van der Waals surface area contributed by atoms with Crippen LogP contribution in [0.25, 0.3) is 0 Å². The molecular weight excluding hydrogens is 528 g/mol. The number of ether oxygens (including phenoxy) is 4. The largest absolute Gasteiger partial charge is 0.457 e. The topological polar surface area (TPSA) is 196 Å². The summed E-state index contributed by atoms with van der Waals surface area (Å²) in [6, 6.07) is 0. The Kier molecular flexibility index (Phi) is 17.0. The van der Waals surface area contributed by atoms with Crippen LogP contribution >= 0.6 is 0 Å². The SMILES string of the molecule is CCCCCCCCCCCCCCCC(=O)O[C@H]1[C@H](O)[C@@H](O)[C@H](O[C@H]2[C@H](O)[C@@H](O)[C@H](O)O[C@@H]2CO)O[C@@H]1CO. The molecule has 0 spiro atoms. The van der Waals surface area contributed by atoms with E-state index in [4.69, 9.17) is 18.9 Å². The van der Waals surface area contributed by atoms with Crippen molar-refractivity contribution in [3.8, 4) is 0 Å². The molecule has 236 valence electrons. The summed E-state index contributed by atoms with van der Waals surface area (Å²) in [5, 5.41) is 70.2. The molecule has 0 aromatic carbocycles. The molecule has 40 heavy (non-hydrogen) atoms. The number of carbonyl (C=O) groups is 1. The Morgan fingerprint density at radius 3 is 1.62 bits per heavy atom. The van der Waals surface area contributed by atoms with Gasteiger partial charge in [0.1, 0.15) is 42.7 Å². The highest BCUT2D eigenvalue weighted by molar-refractivity contribution is 5.69. The maximum atomic E-state index is 12.4. The zero-order chi connectivity index (χ0) is 29.5. The number of esters is 1. The lowest BCUT2D eigenvalue weighted by molar-refractivity contribution is -0.355. The molecule has 2 aliphatic heterocycles. The molecule has 12 heteroatoms. The van der Waals surface area contributed by atoms with Crippen LogP contribution in [0.3, 0.4) is 0 Å². The Balaban J connectivity index is 1.69. The molecule has 2 heterocycles. The number of rotatable bonds is 19. The Hall–Kier alpha value is -0.930. The van der Waals surface area contributed by atoms with E-state index < -0.39 is 80.6 Å². The summed E-state index contributed by atoms with van der Waals surface area (Å²) in [6.07, 6.45) is -0.262. The van der Waals surface area contributed by atoms with Crippen molar-refractivity contribution in [2.24, 2.45) is 0 Å². The molecule has 2 saturated heterocycles. The van der Waals surface area contributed by atoms with Crippen LogP contribution in [0.1, 0.15) is 96.8 Å². The van der Waals surface area contributed by atoms with Crippen LogP contribution in [0, 0.1) is 0 Å². The fourth-order valence-electron chi connectivity index (χ4n) is 5.20. The summed E-state index contributed by atoms with van der Waals surface area (Å²) >= 11 is 0. The van der Waals surface area contributed by atoms with Gasteiger partial charge in [-0.2, -0.15) is 0 Å². The Morgan fingerprint density at radius 1 is 0.625 bits per heavy atom. The lowest BCUT2D eigenvalue weighted by atomic mass is 9.97. The first kappa shape index (κ1) is 35.3. The van der Waals surface area contributed by atoms with E-state index >= 15 is 0 Å². The molecule has 0 amide bonds. The summed E-state index contributed by atoms with van der Waals surface area (Å²) in [4.78, 5) is 12.4. The maximum absolute atomic E-state index is 12.4. The molecule has 0 bridgehead atoms. The molecule has 0 radical (unpaired) electrons. The fraction of sp³-hybridized carbons (Fsp3) is 0.964. The second-order valence-corrected chi connectivity index (χ2v) is 11.0. The van der Waals surface area contributed by atoms with E-state index in [0.717, 1.165) is 19.3 Å². The minimum atomic E-state index is -1.77. The Morgan fingerprint density at radius 2 is 1.10 bits per heavy atom. The van der Waals surface area contributed by atoms with Crippen LogP contribution in [-0.2, 0) is 23.7 Å². The molecule has 0 saturated carbocycles. The van der Waals surface area contributed by atoms with Crippen molar-refractivity contribution < 1.29 is 59.5 Å². The van der Waals surface area contributed by atoms with Crippen molar-refractivity contribution in [2.45, 2.75) is 158 Å². The van der Waals surface area contributed by atoms with Crippen LogP contribution in [0.15, 0.2) is 0 Å². The van der Waals surface area contributed by atoms with Gasteiger partial charge >= 0.3 is 5.97 Å². The van der Waals surface area contributed by atoms with Gasteiger partial charge in [0.25, 0.3) is 0 Å². The van der Waals surface area contributed by atoms with E-state index in [1.165, 1.54) is 57.8 Å². The molecule has 0 unspecified atom stereocenters. The first-order chi connectivity index (χ1) is 19.2. The normalized spacial score (nSPS) is 34.6. The molecular formula is C28H52O12. The summed E-state index contributed by atoms with van der Waals surface area (Å²) in [6.45, 7) is 0.858. The van der Waals surface area contributed by atoms with E-state index in [1.807, 2.05) is 0 Å². The lowest BCUT2D eigenvalue weighted by Gasteiger charge is -2.45. The smallest absolute Gasteiger partial charge is 0.306 e. The van der Waals surface area contributed by atoms with Gasteiger partial charge in [-0.05, 0) is 6.42 Å². The van der Waals surface area contributed by atoms with Crippen molar-refractivity contribution in [3.05, 3.63) is 0 Å². The third kappa shape index (κ3) is 11.0.